The third-order valence-corrected chi connectivity index (χ3v) is 6.43. The Balaban J connectivity index is 1.31. The van der Waals surface area contributed by atoms with Crippen LogP contribution >= 0.6 is 0 Å². The van der Waals surface area contributed by atoms with E-state index in [0.29, 0.717) is 25.9 Å². The van der Waals surface area contributed by atoms with Gasteiger partial charge in [0.15, 0.2) is 11.6 Å². The number of phenolic OH excluding ortho intramolecular Hbond substituents is 1. The van der Waals surface area contributed by atoms with E-state index < -0.39 is 40.7 Å². The number of likely N-dealkylation sites (tertiary alicyclic amines) is 1. The average Bonchev–Trinajstić information content (AvgIpc) is 3.13. The van der Waals surface area contributed by atoms with Gasteiger partial charge in [-0.25, -0.2) is 8.78 Å². The van der Waals surface area contributed by atoms with E-state index in [1.165, 1.54) is 39.9 Å². The fraction of sp³-hybridized carbons (Fsp3) is 0.304. The third-order valence-electron chi connectivity index (χ3n) is 6.43. The molecule has 10 heteroatoms. The summed E-state index contributed by atoms with van der Waals surface area (Å²) in [6.45, 7) is 0.677. The van der Waals surface area contributed by atoms with Gasteiger partial charge in [0.05, 0.1) is 11.6 Å². The molecule has 172 valence electrons. The average molecular weight is 463 g/mol. The molecule has 1 aliphatic carbocycles. The van der Waals surface area contributed by atoms with Gasteiger partial charge in [0, 0.05) is 30.3 Å². The molecule has 0 radical (unpaired) electrons. The number of benzene rings is 2. The first kappa shape index (κ1) is 21.4. The van der Waals surface area contributed by atoms with Crippen LogP contribution in [0.15, 0.2) is 48.7 Å². The predicted molar refractivity (Wildman–Crippen MR) is 107 cm³/mol. The van der Waals surface area contributed by atoms with Crippen LogP contribution in [0.5, 0.6) is 5.75 Å². The molecule has 0 unspecified atom stereocenters. The molecule has 2 heterocycles. The molecule has 5 nitrogen and oxygen atoms in total. The molecule has 0 atom stereocenters. The Labute approximate surface area is 185 Å². The zero-order valence-electron chi connectivity index (χ0n) is 17.1. The first-order chi connectivity index (χ1) is 15.6. The smallest absolute Gasteiger partial charge is 0.420 e. The molecule has 1 amide bonds. The highest BCUT2D eigenvalue weighted by Crippen LogP contribution is 2.54. The fourth-order valence-electron chi connectivity index (χ4n) is 4.79. The highest BCUT2D eigenvalue weighted by molar-refractivity contribution is 5.95. The summed E-state index contributed by atoms with van der Waals surface area (Å²) in [5.41, 5.74) is -2.16. The van der Waals surface area contributed by atoms with Crippen LogP contribution < -0.4 is 0 Å². The van der Waals surface area contributed by atoms with Crippen molar-refractivity contribution >= 4 is 5.91 Å². The van der Waals surface area contributed by atoms with Crippen LogP contribution in [0.3, 0.4) is 0 Å². The second-order valence-corrected chi connectivity index (χ2v) is 8.71. The number of halogens is 5. The van der Waals surface area contributed by atoms with Crippen LogP contribution in [-0.4, -0.2) is 38.8 Å². The number of alkyl halides is 3. The van der Waals surface area contributed by atoms with Crippen molar-refractivity contribution in [1.82, 2.24) is 14.7 Å². The topological polar surface area (TPSA) is 58.4 Å². The minimum atomic E-state index is -4.69. The number of carbonyl (C=O) groups excluding carboxylic acids is 1. The van der Waals surface area contributed by atoms with Gasteiger partial charge in [-0.2, -0.15) is 18.3 Å². The van der Waals surface area contributed by atoms with E-state index in [1.54, 1.807) is 0 Å². The van der Waals surface area contributed by atoms with Crippen molar-refractivity contribution in [3.8, 4) is 17.0 Å². The van der Waals surface area contributed by atoms with Crippen molar-refractivity contribution in [2.24, 2.45) is 5.41 Å². The molecule has 33 heavy (non-hydrogen) atoms. The lowest BCUT2D eigenvalue weighted by Gasteiger charge is -2.58. The van der Waals surface area contributed by atoms with Crippen molar-refractivity contribution in [3.05, 3.63) is 71.4 Å². The first-order valence-corrected chi connectivity index (χ1v) is 10.3. The van der Waals surface area contributed by atoms with E-state index in [9.17, 15) is 31.9 Å². The van der Waals surface area contributed by atoms with Gasteiger partial charge in [0.1, 0.15) is 17.1 Å². The minimum absolute atomic E-state index is 0.217. The van der Waals surface area contributed by atoms with Crippen molar-refractivity contribution in [1.29, 1.82) is 0 Å². The summed E-state index contributed by atoms with van der Waals surface area (Å²) in [6.07, 6.45) is -2.80. The molecular weight excluding hydrogens is 445 g/mol. The summed E-state index contributed by atoms with van der Waals surface area (Å²) in [7, 11) is 0. The zero-order valence-corrected chi connectivity index (χ0v) is 17.1. The largest absolute Gasteiger partial charge is 0.505 e. The highest BCUT2D eigenvalue weighted by Gasteiger charge is 2.55. The monoisotopic (exact) mass is 463 g/mol. The van der Waals surface area contributed by atoms with Crippen molar-refractivity contribution in [2.75, 3.05) is 13.1 Å². The van der Waals surface area contributed by atoms with Gasteiger partial charge in [-0.05, 0) is 37.1 Å². The van der Waals surface area contributed by atoms with Crippen LogP contribution in [0.4, 0.5) is 22.0 Å². The summed E-state index contributed by atoms with van der Waals surface area (Å²) in [4.78, 5) is 14.0. The predicted octanol–water partition coefficient (Wildman–Crippen LogP) is 5.03. The molecule has 1 aliphatic heterocycles. The van der Waals surface area contributed by atoms with E-state index in [1.807, 2.05) is 0 Å². The molecule has 1 aromatic heterocycles. The lowest BCUT2D eigenvalue weighted by Crippen LogP contribution is -2.63. The van der Waals surface area contributed by atoms with E-state index in [0.717, 1.165) is 18.3 Å². The lowest BCUT2D eigenvalue weighted by molar-refractivity contribution is -0.137. The van der Waals surface area contributed by atoms with Gasteiger partial charge in [0.2, 0.25) is 0 Å². The molecule has 0 bridgehead atoms. The summed E-state index contributed by atoms with van der Waals surface area (Å²) < 4.78 is 70.2. The maximum atomic E-state index is 14.2. The zero-order chi connectivity index (χ0) is 23.5. The molecule has 1 N–H and O–H groups in total. The van der Waals surface area contributed by atoms with Crippen LogP contribution in [-0.2, 0) is 6.18 Å². The second-order valence-electron chi connectivity index (χ2n) is 8.71. The Morgan fingerprint density at radius 2 is 1.76 bits per heavy atom. The number of carbonyl (C=O) groups is 1. The van der Waals surface area contributed by atoms with Gasteiger partial charge >= 0.3 is 6.18 Å². The summed E-state index contributed by atoms with van der Waals surface area (Å²) >= 11 is 0. The first-order valence-electron chi connectivity index (χ1n) is 10.3. The number of hydrogen-bond acceptors (Lipinski definition) is 3. The number of amides is 1. The van der Waals surface area contributed by atoms with Crippen LogP contribution in [0, 0.1) is 17.0 Å². The van der Waals surface area contributed by atoms with Gasteiger partial charge in [-0.1, -0.05) is 18.2 Å². The molecule has 2 aromatic carbocycles. The van der Waals surface area contributed by atoms with Gasteiger partial charge in [-0.15, -0.1) is 0 Å². The Morgan fingerprint density at radius 3 is 2.42 bits per heavy atom. The van der Waals surface area contributed by atoms with E-state index in [-0.39, 0.29) is 22.6 Å². The second kappa shape index (κ2) is 7.29. The number of rotatable bonds is 3. The Kier molecular flexibility index (Phi) is 4.73. The summed E-state index contributed by atoms with van der Waals surface area (Å²) in [5.74, 6) is -2.92. The Hall–Kier alpha value is -3.43. The van der Waals surface area contributed by atoms with Crippen LogP contribution in [0.1, 0.15) is 34.8 Å². The molecule has 1 spiro atoms. The molecule has 2 fully saturated rings. The van der Waals surface area contributed by atoms with Crippen LogP contribution in [0.2, 0.25) is 0 Å². The number of nitrogens with zero attached hydrogens (tertiary/aromatic N) is 3. The highest BCUT2D eigenvalue weighted by atomic mass is 19.4. The number of aromatic nitrogens is 2. The SMILES string of the molecule is O=C(c1cccc(O)c1F)N1CC2(CC(n3cc(C(F)(F)F)c(-c4ccccc4F)n3)C2)C1. The number of hydrogen-bond donors (Lipinski definition) is 1. The fourth-order valence-corrected chi connectivity index (χ4v) is 4.79. The van der Waals surface area contributed by atoms with E-state index in [2.05, 4.69) is 5.10 Å². The van der Waals surface area contributed by atoms with Crippen molar-refractivity contribution < 1.29 is 31.9 Å². The molecule has 2 aliphatic rings. The van der Waals surface area contributed by atoms with E-state index >= 15 is 0 Å². The van der Waals surface area contributed by atoms with Crippen molar-refractivity contribution in [3.63, 3.8) is 0 Å². The normalized spacial score (nSPS) is 17.7. The maximum absolute atomic E-state index is 14.2. The van der Waals surface area contributed by atoms with Gasteiger partial charge in [0.25, 0.3) is 5.91 Å². The minimum Gasteiger partial charge on any atom is -0.505 e. The lowest BCUT2D eigenvalue weighted by atomic mass is 9.60. The molecule has 1 saturated heterocycles. The molecule has 3 aromatic rings. The molecule has 1 saturated carbocycles. The number of aromatic hydroxyl groups is 1. The van der Waals surface area contributed by atoms with Gasteiger partial charge < -0.3 is 10.0 Å². The number of phenols is 1. The van der Waals surface area contributed by atoms with Gasteiger partial charge in [-0.3, -0.25) is 9.48 Å². The summed E-state index contributed by atoms with van der Waals surface area (Å²) in [6, 6.07) is 8.69. The standard InChI is InChI=1S/C23H18F5N3O2/c24-17-6-2-1-4-14(17)20-16(23(26,27)28)10-31(29-20)13-8-22(9-13)11-30(12-22)21(33)15-5-3-7-18(32)19(15)25/h1-7,10,13,32H,8-9,11-12H2. The van der Waals surface area contributed by atoms with Crippen molar-refractivity contribution in [2.45, 2.75) is 25.1 Å². The quantitative estimate of drug-likeness (QED) is 0.555. The Bertz CT molecular complexity index is 1240. The molecular formula is C23H18F5N3O2. The maximum Gasteiger partial charge on any atom is 0.420 e. The van der Waals surface area contributed by atoms with E-state index in [4.69, 9.17) is 0 Å². The van der Waals surface area contributed by atoms with Crippen LogP contribution in [0.25, 0.3) is 11.3 Å². The summed E-state index contributed by atoms with van der Waals surface area (Å²) in [5, 5.41) is 13.5. The third kappa shape index (κ3) is 3.53. The molecule has 5 rings (SSSR count). The Morgan fingerprint density at radius 1 is 1.06 bits per heavy atom.